The molecule has 2 aromatic carbocycles. The van der Waals surface area contributed by atoms with E-state index in [0.29, 0.717) is 11.8 Å². The molecule has 5 heteroatoms. The molecule has 1 aliphatic heterocycles. The molecule has 3 N–H and O–H groups in total. The molecule has 2 aromatic rings. The topological polar surface area (TPSA) is 67.6 Å². The van der Waals surface area contributed by atoms with Crippen LogP contribution in [0.15, 0.2) is 42.6 Å². The van der Waals surface area contributed by atoms with E-state index in [1.165, 1.54) is 16.7 Å². The molecule has 0 spiro atoms. The highest BCUT2D eigenvalue weighted by Gasteiger charge is 2.18. The molecule has 0 aliphatic carbocycles. The number of nitrogens with two attached hydrogens (primary N) is 1. The van der Waals surface area contributed by atoms with Crippen molar-refractivity contribution < 1.29 is 9.53 Å². The lowest BCUT2D eigenvalue weighted by Crippen LogP contribution is -2.28. The van der Waals surface area contributed by atoms with E-state index < -0.39 is 0 Å². The van der Waals surface area contributed by atoms with Crippen LogP contribution in [0.1, 0.15) is 57.9 Å². The van der Waals surface area contributed by atoms with Gasteiger partial charge in [-0.25, -0.2) is 0 Å². The van der Waals surface area contributed by atoms with Gasteiger partial charge < -0.3 is 15.8 Å². The van der Waals surface area contributed by atoms with Gasteiger partial charge >= 0.3 is 0 Å². The molecule has 0 saturated carbocycles. The first-order valence-corrected chi connectivity index (χ1v) is 11.2. The number of nitrogens with one attached hydrogen (secondary N) is 1. The first-order valence-electron chi connectivity index (χ1n) is 11.2. The first-order chi connectivity index (χ1) is 15.0. The minimum absolute atomic E-state index is 0.314. The highest BCUT2D eigenvalue weighted by Crippen LogP contribution is 2.23. The van der Waals surface area contributed by atoms with Gasteiger partial charge in [-0.1, -0.05) is 37.3 Å². The Labute approximate surface area is 186 Å². The Balaban J connectivity index is 1.76. The van der Waals surface area contributed by atoms with Crippen molar-refractivity contribution in [2.24, 2.45) is 5.73 Å². The van der Waals surface area contributed by atoms with Gasteiger partial charge in [0.05, 0.1) is 11.8 Å². The predicted molar refractivity (Wildman–Crippen MR) is 127 cm³/mol. The van der Waals surface area contributed by atoms with Crippen molar-refractivity contribution in [3.8, 4) is 0 Å². The van der Waals surface area contributed by atoms with E-state index in [9.17, 15) is 4.79 Å². The summed E-state index contributed by atoms with van der Waals surface area (Å²) >= 11 is 0. The molecule has 1 aliphatic rings. The Kier molecular flexibility index (Phi) is 8.27. The molecular formula is C26H35N3O2. The molecule has 166 valence electrons. The van der Waals surface area contributed by atoms with Crippen LogP contribution in [0.2, 0.25) is 0 Å². The number of carbonyl (C=O) groups is 1. The van der Waals surface area contributed by atoms with Crippen molar-refractivity contribution in [1.82, 2.24) is 10.2 Å². The Morgan fingerprint density at radius 2 is 2.00 bits per heavy atom. The molecule has 31 heavy (non-hydrogen) atoms. The van der Waals surface area contributed by atoms with Crippen LogP contribution in [0.25, 0.3) is 5.70 Å². The standard InChI is InChI=1S/C26H35N3O2/c1-4-20-13-23(16-29(3)17-25-6-5-11-31-25)24(18-30)14-22(20)12-19-7-9-21(10-8-19)26(27)15-28-2/h7-10,13-15,18,25,28H,4-6,11-12,16-17,27H2,1-3H3/b26-15-. The lowest BCUT2D eigenvalue weighted by atomic mass is 9.92. The minimum atomic E-state index is 0.314. The largest absolute Gasteiger partial charge is 0.397 e. The van der Waals surface area contributed by atoms with Crippen LogP contribution in [0, 0.1) is 0 Å². The van der Waals surface area contributed by atoms with Gasteiger partial charge in [0, 0.05) is 38.5 Å². The summed E-state index contributed by atoms with van der Waals surface area (Å²) in [6, 6.07) is 12.6. The average molecular weight is 422 g/mol. The van der Waals surface area contributed by atoms with Gasteiger partial charge in [0.25, 0.3) is 0 Å². The molecule has 0 bridgehead atoms. The molecule has 1 unspecified atom stereocenters. The maximum absolute atomic E-state index is 11.9. The molecular weight excluding hydrogens is 386 g/mol. The smallest absolute Gasteiger partial charge is 0.150 e. The highest BCUT2D eigenvalue weighted by atomic mass is 16.5. The second kappa shape index (κ2) is 11.1. The molecule has 1 heterocycles. The van der Waals surface area contributed by atoms with Crippen LogP contribution in [0.4, 0.5) is 0 Å². The Bertz CT molecular complexity index is 900. The predicted octanol–water partition coefficient (Wildman–Crippen LogP) is 3.74. The number of rotatable bonds is 10. The number of hydrogen-bond donors (Lipinski definition) is 2. The fourth-order valence-corrected chi connectivity index (χ4v) is 4.26. The van der Waals surface area contributed by atoms with Gasteiger partial charge in [0.2, 0.25) is 0 Å². The quantitative estimate of drug-likeness (QED) is 0.572. The van der Waals surface area contributed by atoms with Crippen molar-refractivity contribution in [3.05, 3.63) is 76.0 Å². The zero-order chi connectivity index (χ0) is 22.2. The monoisotopic (exact) mass is 421 g/mol. The lowest BCUT2D eigenvalue weighted by Gasteiger charge is -2.22. The third-order valence-electron chi connectivity index (χ3n) is 5.93. The SMILES string of the molecule is CCc1cc(CN(C)CC2CCCO2)c(C=O)cc1Cc1ccc(/C(N)=C/NC)cc1. The van der Waals surface area contributed by atoms with Gasteiger partial charge in [0.1, 0.15) is 6.29 Å². The van der Waals surface area contributed by atoms with E-state index in [2.05, 4.69) is 48.5 Å². The lowest BCUT2D eigenvalue weighted by molar-refractivity contribution is 0.0792. The van der Waals surface area contributed by atoms with Crippen molar-refractivity contribution >= 4 is 12.0 Å². The summed E-state index contributed by atoms with van der Waals surface area (Å²) in [5.74, 6) is 0. The number of aryl methyl sites for hydroxylation is 1. The first kappa shape index (κ1) is 23.0. The summed E-state index contributed by atoms with van der Waals surface area (Å²) < 4.78 is 5.76. The number of hydrogen-bond acceptors (Lipinski definition) is 5. The van der Waals surface area contributed by atoms with E-state index in [0.717, 1.165) is 68.4 Å². The van der Waals surface area contributed by atoms with E-state index in [4.69, 9.17) is 10.5 Å². The van der Waals surface area contributed by atoms with Gasteiger partial charge in [-0.05, 0) is 66.6 Å². The summed E-state index contributed by atoms with van der Waals surface area (Å²) in [7, 11) is 3.94. The number of ether oxygens (including phenoxy) is 1. The van der Waals surface area contributed by atoms with Crippen molar-refractivity contribution in [1.29, 1.82) is 0 Å². The molecule has 3 rings (SSSR count). The number of benzene rings is 2. The van der Waals surface area contributed by atoms with Crippen molar-refractivity contribution in [3.63, 3.8) is 0 Å². The molecule has 1 atom stereocenters. The van der Waals surface area contributed by atoms with E-state index in [1.54, 1.807) is 6.20 Å². The average Bonchev–Trinajstić information content (AvgIpc) is 3.28. The van der Waals surface area contributed by atoms with Crippen LogP contribution >= 0.6 is 0 Å². The van der Waals surface area contributed by atoms with E-state index in [-0.39, 0.29) is 0 Å². The Morgan fingerprint density at radius 1 is 1.23 bits per heavy atom. The number of carbonyl (C=O) groups excluding carboxylic acids is 1. The number of likely N-dealkylation sites (N-methyl/N-ethyl adjacent to an activating group) is 1. The minimum Gasteiger partial charge on any atom is -0.397 e. The van der Waals surface area contributed by atoms with Crippen LogP contribution in [-0.4, -0.2) is 44.5 Å². The van der Waals surface area contributed by atoms with Crippen LogP contribution in [0.5, 0.6) is 0 Å². The molecule has 1 saturated heterocycles. The second-order valence-electron chi connectivity index (χ2n) is 8.38. The zero-order valence-electron chi connectivity index (χ0n) is 19.0. The second-order valence-corrected chi connectivity index (χ2v) is 8.38. The van der Waals surface area contributed by atoms with Gasteiger partial charge in [0.15, 0.2) is 0 Å². The maximum atomic E-state index is 11.9. The Hall–Kier alpha value is -2.63. The number of nitrogens with zero attached hydrogens (tertiary/aromatic N) is 1. The van der Waals surface area contributed by atoms with E-state index >= 15 is 0 Å². The molecule has 0 amide bonds. The normalized spacial score (nSPS) is 16.6. The van der Waals surface area contributed by atoms with Crippen molar-refractivity contribution in [2.45, 2.75) is 45.3 Å². The summed E-state index contributed by atoms with van der Waals surface area (Å²) in [5.41, 5.74) is 13.3. The Morgan fingerprint density at radius 3 is 2.61 bits per heavy atom. The van der Waals surface area contributed by atoms with Gasteiger partial charge in [-0.2, -0.15) is 0 Å². The summed E-state index contributed by atoms with van der Waals surface area (Å²) in [5, 5.41) is 2.96. The fraction of sp³-hybridized carbons (Fsp3) is 0.423. The molecule has 5 nitrogen and oxygen atoms in total. The summed E-state index contributed by atoms with van der Waals surface area (Å²) in [4.78, 5) is 14.1. The van der Waals surface area contributed by atoms with Crippen molar-refractivity contribution in [2.75, 3.05) is 27.2 Å². The molecule has 0 radical (unpaired) electrons. The maximum Gasteiger partial charge on any atom is 0.150 e. The van der Waals surface area contributed by atoms with Gasteiger partial charge in [-0.15, -0.1) is 0 Å². The molecule has 1 fully saturated rings. The van der Waals surface area contributed by atoms with Crippen LogP contribution < -0.4 is 11.1 Å². The zero-order valence-corrected chi connectivity index (χ0v) is 19.0. The fourth-order valence-electron chi connectivity index (χ4n) is 4.26. The third kappa shape index (κ3) is 6.18. The summed E-state index contributed by atoms with van der Waals surface area (Å²) in [6.07, 6.45) is 7.10. The van der Waals surface area contributed by atoms with E-state index in [1.807, 2.05) is 19.2 Å². The van der Waals surface area contributed by atoms with Crippen LogP contribution in [-0.2, 0) is 24.1 Å². The number of aldehydes is 1. The summed E-state index contributed by atoms with van der Waals surface area (Å²) in [6.45, 7) is 4.70. The highest BCUT2D eigenvalue weighted by molar-refractivity contribution is 5.78. The van der Waals surface area contributed by atoms with Crippen LogP contribution in [0.3, 0.4) is 0 Å². The van der Waals surface area contributed by atoms with Gasteiger partial charge in [-0.3, -0.25) is 9.69 Å². The molecule has 0 aromatic heterocycles. The third-order valence-corrected chi connectivity index (χ3v) is 5.93.